The summed E-state index contributed by atoms with van der Waals surface area (Å²) in [7, 11) is -3.96. The second-order valence-corrected chi connectivity index (χ2v) is 9.94. The minimum atomic E-state index is -3.96. The Balaban J connectivity index is 1.76. The number of anilines is 2. The lowest BCUT2D eigenvalue weighted by Gasteiger charge is -2.22. The van der Waals surface area contributed by atoms with E-state index in [1.807, 2.05) is 6.92 Å². The molecule has 0 saturated carbocycles. The molecular formula is C24H31N3O5S. The summed E-state index contributed by atoms with van der Waals surface area (Å²) in [5.74, 6) is -0.0334. The van der Waals surface area contributed by atoms with Gasteiger partial charge in [-0.2, -0.15) is 4.72 Å². The predicted octanol–water partition coefficient (Wildman–Crippen LogP) is 3.33. The van der Waals surface area contributed by atoms with Crippen molar-refractivity contribution in [2.45, 2.75) is 51.5 Å². The normalized spacial score (nSPS) is 14.2. The molecule has 1 heterocycles. The van der Waals surface area contributed by atoms with Crippen LogP contribution in [0.5, 0.6) is 5.75 Å². The third-order valence-corrected chi connectivity index (χ3v) is 6.96. The van der Waals surface area contributed by atoms with Gasteiger partial charge in [-0.1, -0.05) is 20.8 Å². The molecule has 1 atom stereocenters. The van der Waals surface area contributed by atoms with Crippen LogP contribution in [0.1, 0.15) is 39.7 Å². The van der Waals surface area contributed by atoms with E-state index >= 15 is 0 Å². The molecule has 0 unspecified atom stereocenters. The highest BCUT2D eigenvalue weighted by atomic mass is 32.2. The van der Waals surface area contributed by atoms with E-state index in [1.165, 1.54) is 6.07 Å². The number of nitrogens with one attached hydrogen (secondary N) is 2. The lowest BCUT2D eigenvalue weighted by molar-refractivity contribution is -0.119. The van der Waals surface area contributed by atoms with Gasteiger partial charge in [-0.05, 0) is 67.3 Å². The standard InChI is InChI=1S/C24H31N3O5S/c1-5-22(28)27-14-13-17-15-20(11-12-21(17)27)33(30,31)26-23(16(3)4)24(29)25-18-7-9-19(10-8-18)32-6-2/h7-12,15-16,23,26H,5-6,13-14H2,1-4H3,(H,25,29)/t23-/m1/s1. The number of sulfonamides is 1. The number of amides is 2. The summed E-state index contributed by atoms with van der Waals surface area (Å²) in [6, 6.07) is 10.7. The average molecular weight is 474 g/mol. The third kappa shape index (κ3) is 5.72. The van der Waals surface area contributed by atoms with Crippen LogP contribution in [0.25, 0.3) is 0 Å². The van der Waals surface area contributed by atoms with Gasteiger partial charge in [0.25, 0.3) is 0 Å². The molecule has 0 saturated heterocycles. The second kappa shape index (κ2) is 10.4. The van der Waals surface area contributed by atoms with E-state index in [0.29, 0.717) is 37.4 Å². The molecule has 33 heavy (non-hydrogen) atoms. The molecule has 2 aromatic rings. The maximum Gasteiger partial charge on any atom is 0.242 e. The largest absolute Gasteiger partial charge is 0.494 e. The summed E-state index contributed by atoms with van der Waals surface area (Å²) >= 11 is 0. The van der Waals surface area contributed by atoms with E-state index in [4.69, 9.17) is 4.74 Å². The van der Waals surface area contributed by atoms with Crippen molar-refractivity contribution < 1.29 is 22.7 Å². The number of hydrogen-bond donors (Lipinski definition) is 2. The zero-order valence-electron chi connectivity index (χ0n) is 19.4. The van der Waals surface area contributed by atoms with E-state index < -0.39 is 22.0 Å². The zero-order valence-corrected chi connectivity index (χ0v) is 20.2. The van der Waals surface area contributed by atoms with Crippen molar-refractivity contribution in [3.8, 4) is 5.75 Å². The molecule has 1 aliphatic heterocycles. The number of nitrogens with zero attached hydrogens (tertiary/aromatic N) is 1. The van der Waals surface area contributed by atoms with Crippen LogP contribution in [0.3, 0.4) is 0 Å². The van der Waals surface area contributed by atoms with Crippen molar-refractivity contribution in [2.75, 3.05) is 23.4 Å². The Morgan fingerprint density at radius 3 is 2.39 bits per heavy atom. The van der Waals surface area contributed by atoms with Gasteiger partial charge in [-0.25, -0.2) is 8.42 Å². The predicted molar refractivity (Wildman–Crippen MR) is 128 cm³/mol. The van der Waals surface area contributed by atoms with Crippen LogP contribution in [0.15, 0.2) is 47.4 Å². The molecule has 2 N–H and O–H groups in total. The number of benzene rings is 2. The number of rotatable bonds is 9. The van der Waals surface area contributed by atoms with Crippen molar-refractivity contribution in [2.24, 2.45) is 5.92 Å². The Labute approximate surface area is 195 Å². The SMILES string of the molecule is CCOc1ccc(NC(=O)[C@H](NS(=O)(=O)c2ccc3c(c2)CCN3C(=O)CC)C(C)C)cc1. The van der Waals surface area contributed by atoms with Crippen molar-refractivity contribution >= 4 is 33.2 Å². The Hall–Kier alpha value is -2.91. The highest BCUT2D eigenvalue weighted by molar-refractivity contribution is 7.89. The summed E-state index contributed by atoms with van der Waals surface area (Å²) < 4.78 is 34.2. The monoisotopic (exact) mass is 473 g/mol. The first-order valence-corrected chi connectivity index (χ1v) is 12.6. The van der Waals surface area contributed by atoms with Crippen LogP contribution in [0.4, 0.5) is 11.4 Å². The van der Waals surface area contributed by atoms with Gasteiger partial charge in [0, 0.05) is 24.3 Å². The molecule has 2 aromatic carbocycles. The van der Waals surface area contributed by atoms with Gasteiger partial charge in [0.1, 0.15) is 11.8 Å². The molecule has 2 amide bonds. The maximum atomic E-state index is 13.1. The number of carbonyl (C=O) groups excluding carboxylic acids is 2. The van der Waals surface area contributed by atoms with Gasteiger partial charge in [-0.15, -0.1) is 0 Å². The molecule has 0 aliphatic carbocycles. The molecular weight excluding hydrogens is 442 g/mol. The summed E-state index contributed by atoms with van der Waals surface area (Å²) in [4.78, 5) is 26.8. The van der Waals surface area contributed by atoms with E-state index in [1.54, 1.807) is 62.1 Å². The van der Waals surface area contributed by atoms with Crippen LogP contribution in [0.2, 0.25) is 0 Å². The van der Waals surface area contributed by atoms with Gasteiger partial charge < -0.3 is 15.0 Å². The first kappa shape index (κ1) is 24.7. The van der Waals surface area contributed by atoms with E-state index in [0.717, 1.165) is 11.3 Å². The molecule has 3 rings (SSSR count). The molecule has 0 fully saturated rings. The van der Waals surface area contributed by atoms with Gasteiger partial charge in [0.05, 0.1) is 11.5 Å². The number of fused-ring (bicyclic) bond motifs is 1. The fraction of sp³-hybridized carbons (Fsp3) is 0.417. The summed E-state index contributed by atoms with van der Waals surface area (Å²) in [5.41, 5.74) is 2.10. The first-order valence-electron chi connectivity index (χ1n) is 11.2. The third-order valence-electron chi connectivity index (χ3n) is 5.52. The lowest BCUT2D eigenvalue weighted by atomic mass is 10.0. The van der Waals surface area contributed by atoms with Gasteiger partial charge in [0.2, 0.25) is 21.8 Å². The molecule has 0 bridgehead atoms. The fourth-order valence-electron chi connectivity index (χ4n) is 3.74. The van der Waals surface area contributed by atoms with E-state index in [9.17, 15) is 18.0 Å². The fourth-order valence-corrected chi connectivity index (χ4v) is 5.14. The minimum Gasteiger partial charge on any atom is -0.494 e. The number of ether oxygens (including phenoxy) is 1. The van der Waals surface area contributed by atoms with Gasteiger partial charge >= 0.3 is 0 Å². The van der Waals surface area contributed by atoms with Crippen molar-refractivity contribution in [1.82, 2.24) is 4.72 Å². The quantitative estimate of drug-likeness (QED) is 0.581. The Bertz CT molecular complexity index is 1110. The molecule has 8 nitrogen and oxygen atoms in total. The van der Waals surface area contributed by atoms with Crippen LogP contribution in [-0.2, 0) is 26.0 Å². The first-order chi connectivity index (χ1) is 15.7. The summed E-state index contributed by atoms with van der Waals surface area (Å²) in [6.07, 6.45) is 0.983. The Kier molecular flexibility index (Phi) is 7.76. The molecule has 0 spiro atoms. The zero-order chi connectivity index (χ0) is 24.2. The van der Waals surface area contributed by atoms with Crippen LogP contribution >= 0.6 is 0 Å². The number of carbonyl (C=O) groups is 2. The second-order valence-electron chi connectivity index (χ2n) is 8.23. The highest BCUT2D eigenvalue weighted by Gasteiger charge is 2.30. The van der Waals surface area contributed by atoms with Crippen LogP contribution in [-0.4, -0.2) is 39.4 Å². The van der Waals surface area contributed by atoms with E-state index in [-0.39, 0.29) is 16.7 Å². The summed E-state index contributed by atoms with van der Waals surface area (Å²) in [5, 5.41) is 2.77. The Morgan fingerprint density at radius 1 is 1.09 bits per heavy atom. The maximum absolute atomic E-state index is 13.1. The minimum absolute atomic E-state index is 0.00770. The Morgan fingerprint density at radius 2 is 1.79 bits per heavy atom. The van der Waals surface area contributed by atoms with Gasteiger partial charge in [-0.3, -0.25) is 9.59 Å². The van der Waals surface area contributed by atoms with Crippen molar-refractivity contribution in [1.29, 1.82) is 0 Å². The molecule has 0 aromatic heterocycles. The highest BCUT2D eigenvalue weighted by Crippen LogP contribution is 2.31. The topological polar surface area (TPSA) is 105 Å². The summed E-state index contributed by atoms with van der Waals surface area (Å²) in [6.45, 7) is 8.32. The van der Waals surface area contributed by atoms with Crippen LogP contribution in [0, 0.1) is 5.92 Å². The average Bonchev–Trinajstić information content (AvgIpc) is 3.21. The van der Waals surface area contributed by atoms with Crippen molar-refractivity contribution in [3.63, 3.8) is 0 Å². The van der Waals surface area contributed by atoms with Crippen molar-refractivity contribution in [3.05, 3.63) is 48.0 Å². The van der Waals surface area contributed by atoms with Crippen LogP contribution < -0.4 is 19.7 Å². The molecule has 178 valence electrons. The smallest absolute Gasteiger partial charge is 0.242 e. The number of hydrogen-bond acceptors (Lipinski definition) is 5. The molecule has 0 radical (unpaired) electrons. The van der Waals surface area contributed by atoms with Gasteiger partial charge in [0.15, 0.2) is 0 Å². The molecule has 9 heteroatoms. The van der Waals surface area contributed by atoms with E-state index in [2.05, 4.69) is 10.0 Å². The lowest BCUT2D eigenvalue weighted by Crippen LogP contribution is -2.47. The molecule has 1 aliphatic rings.